The van der Waals surface area contributed by atoms with E-state index >= 15 is 0 Å². The molecule has 14 heteroatoms. The van der Waals surface area contributed by atoms with Gasteiger partial charge in [-0.3, -0.25) is 4.79 Å². The van der Waals surface area contributed by atoms with Crippen LogP contribution in [0.3, 0.4) is 0 Å². The molecule has 0 amide bonds. The minimum absolute atomic E-state index is 0.0312. The molecule has 4 N–H and O–H groups in total. The van der Waals surface area contributed by atoms with E-state index in [4.69, 9.17) is 10.5 Å². The van der Waals surface area contributed by atoms with Gasteiger partial charge in [-0.25, -0.2) is 8.42 Å². The summed E-state index contributed by atoms with van der Waals surface area (Å²) >= 11 is 0. The number of piperidine rings is 1. The van der Waals surface area contributed by atoms with Crippen molar-refractivity contribution in [3.05, 3.63) is 65.7 Å². The summed E-state index contributed by atoms with van der Waals surface area (Å²) in [6, 6.07) is 10.9. The number of ether oxygens (including phenoxy) is 1. The number of halogens is 3. The Morgan fingerprint density at radius 1 is 1.18 bits per heavy atom. The minimum atomic E-state index is -4.90. The first-order valence-electron chi connectivity index (χ1n) is 14.3. The van der Waals surface area contributed by atoms with E-state index in [9.17, 15) is 31.5 Å². The van der Waals surface area contributed by atoms with Crippen LogP contribution in [0.25, 0.3) is 17.2 Å². The van der Waals surface area contributed by atoms with Crippen LogP contribution in [0.15, 0.2) is 59.5 Å². The zero-order chi connectivity index (χ0) is 32.6. The molecule has 3 heterocycles. The number of nitrogen functional groups attached to an aromatic ring is 1. The number of nitrogens with two attached hydrogens (primary N) is 1. The standard InChI is InChI=1S/C31H34F3N5O5S/c1-3-5-19-8-9-22(20-6-4-7-21(15-20)45(2,42)43)23(14-19)27(31(32,33)34)44-26-16-25(37-29(35)38-26)39-12-10-30(11-13-39)17-24(28(40)41)36-18-30/h3-9,14-16,24,27,36H,10-13,17-18H2,1-2H3,(H,40,41)(H2,35,37,38)/t24?,27-/m1/s1. The predicted molar refractivity (Wildman–Crippen MR) is 163 cm³/mol. The monoisotopic (exact) mass is 645 g/mol. The molecule has 1 unspecified atom stereocenters. The maximum atomic E-state index is 14.8. The molecule has 45 heavy (non-hydrogen) atoms. The lowest BCUT2D eigenvalue weighted by atomic mass is 9.76. The molecule has 0 bridgehead atoms. The third kappa shape index (κ3) is 7.22. The SMILES string of the molecule is CC=Cc1ccc(-c2cccc(S(C)(=O)=O)c2)c([C@@H](Oc2cc(N3CCC4(CC3)CNC(C(=O)O)C4)nc(N)n2)C(F)(F)F)c1. The molecular formula is C31H34F3N5O5S. The number of nitrogens with zero attached hydrogens (tertiary/aromatic N) is 3. The highest BCUT2D eigenvalue weighted by Crippen LogP contribution is 2.43. The molecule has 5 rings (SSSR count). The largest absolute Gasteiger partial charge is 0.480 e. The number of benzene rings is 2. The number of aliphatic carboxylic acids is 1. The van der Waals surface area contributed by atoms with Crippen molar-refractivity contribution < 1.29 is 36.2 Å². The molecule has 2 saturated heterocycles. The lowest BCUT2D eigenvalue weighted by Crippen LogP contribution is -2.41. The zero-order valence-electron chi connectivity index (χ0n) is 24.7. The number of carboxylic acid groups (broad SMARTS) is 1. The summed E-state index contributed by atoms with van der Waals surface area (Å²) in [5.41, 5.74) is 6.44. The highest BCUT2D eigenvalue weighted by Gasteiger charge is 2.46. The van der Waals surface area contributed by atoms with Gasteiger partial charge in [-0.05, 0) is 66.5 Å². The number of carboxylic acids is 1. The average molecular weight is 646 g/mol. The molecule has 10 nitrogen and oxygen atoms in total. The summed E-state index contributed by atoms with van der Waals surface area (Å²) in [5, 5.41) is 12.4. The number of nitrogens with one attached hydrogen (secondary N) is 1. The Bertz CT molecular complexity index is 1720. The highest BCUT2D eigenvalue weighted by molar-refractivity contribution is 7.90. The molecule has 2 aliphatic heterocycles. The van der Waals surface area contributed by atoms with Crippen LogP contribution in [-0.4, -0.2) is 67.6 Å². The Kier molecular flexibility index (Phi) is 8.82. The number of hydrogen-bond donors (Lipinski definition) is 3. The summed E-state index contributed by atoms with van der Waals surface area (Å²) in [7, 11) is -3.62. The fourth-order valence-corrected chi connectivity index (χ4v) is 6.68. The molecule has 2 atom stereocenters. The second-order valence-electron chi connectivity index (χ2n) is 11.6. The van der Waals surface area contributed by atoms with Gasteiger partial charge in [0.05, 0.1) is 4.90 Å². The fourth-order valence-electron chi connectivity index (χ4n) is 6.01. The number of rotatable bonds is 8. The van der Waals surface area contributed by atoms with E-state index in [-0.39, 0.29) is 38.8 Å². The molecule has 240 valence electrons. The van der Waals surface area contributed by atoms with Gasteiger partial charge in [0.25, 0.3) is 0 Å². The zero-order valence-corrected chi connectivity index (χ0v) is 25.5. The van der Waals surface area contributed by atoms with Gasteiger partial charge in [0.2, 0.25) is 17.9 Å². The first kappa shape index (κ1) is 32.2. The highest BCUT2D eigenvalue weighted by atomic mass is 32.2. The van der Waals surface area contributed by atoms with Crippen LogP contribution >= 0.6 is 0 Å². The van der Waals surface area contributed by atoms with E-state index in [0.717, 1.165) is 6.26 Å². The summed E-state index contributed by atoms with van der Waals surface area (Å²) in [4.78, 5) is 21.5. The molecule has 1 aromatic heterocycles. The van der Waals surface area contributed by atoms with Crippen molar-refractivity contribution in [2.75, 3.05) is 36.5 Å². The van der Waals surface area contributed by atoms with Crippen LogP contribution in [0.1, 0.15) is 43.4 Å². The lowest BCUT2D eigenvalue weighted by Gasteiger charge is -2.39. The van der Waals surface area contributed by atoms with Gasteiger partial charge in [-0.1, -0.05) is 36.4 Å². The summed E-state index contributed by atoms with van der Waals surface area (Å²) < 4.78 is 74.5. The minimum Gasteiger partial charge on any atom is -0.480 e. The molecule has 0 radical (unpaired) electrons. The van der Waals surface area contributed by atoms with Crippen LogP contribution in [0, 0.1) is 5.41 Å². The lowest BCUT2D eigenvalue weighted by molar-refractivity contribution is -0.198. The van der Waals surface area contributed by atoms with Crippen LogP contribution in [0.2, 0.25) is 0 Å². The third-order valence-electron chi connectivity index (χ3n) is 8.34. The second-order valence-corrected chi connectivity index (χ2v) is 13.6. The van der Waals surface area contributed by atoms with Crippen LogP contribution in [0.5, 0.6) is 5.88 Å². The first-order valence-corrected chi connectivity index (χ1v) is 16.2. The van der Waals surface area contributed by atoms with Gasteiger partial charge in [0.1, 0.15) is 11.9 Å². The van der Waals surface area contributed by atoms with Gasteiger partial charge in [0.15, 0.2) is 9.84 Å². The Hall–Kier alpha value is -4.17. The summed E-state index contributed by atoms with van der Waals surface area (Å²) in [5.74, 6) is -1.22. The number of aromatic nitrogens is 2. The van der Waals surface area contributed by atoms with Gasteiger partial charge < -0.3 is 25.8 Å². The molecule has 3 aromatic rings. The smallest absolute Gasteiger partial charge is 0.429 e. The molecule has 2 aliphatic rings. The van der Waals surface area contributed by atoms with E-state index in [2.05, 4.69) is 15.3 Å². The van der Waals surface area contributed by atoms with Crippen molar-refractivity contribution in [2.45, 2.75) is 49.4 Å². The van der Waals surface area contributed by atoms with E-state index in [1.807, 2.05) is 4.90 Å². The summed E-state index contributed by atoms with van der Waals surface area (Å²) in [6.07, 6.45) is -1.17. The Labute approximate surface area is 259 Å². The van der Waals surface area contributed by atoms with Crippen molar-refractivity contribution >= 4 is 33.6 Å². The molecule has 2 aromatic carbocycles. The van der Waals surface area contributed by atoms with Crippen LogP contribution < -0.4 is 20.7 Å². The van der Waals surface area contributed by atoms with Crippen molar-refractivity contribution in [1.29, 1.82) is 0 Å². The van der Waals surface area contributed by atoms with E-state index < -0.39 is 34.1 Å². The Balaban J connectivity index is 1.48. The van der Waals surface area contributed by atoms with Crippen LogP contribution in [0.4, 0.5) is 24.9 Å². The number of carbonyl (C=O) groups is 1. The quantitative estimate of drug-likeness (QED) is 0.310. The number of hydrogen-bond acceptors (Lipinski definition) is 9. The molecule has 0 saturated carbocycles. The first-order chi connectivity index (χ1) is 21.2. The predicted octanol–water partition coefficient (Wildman–Crippen LogP) is 4.88. The maximum Gasteiger partial charge on any atom is 0.429 e. The normalized spacial score (nSPS) is 19.2. The second kappa shape index (κ2) is 12.3. The Morgan fingerprint density at radius 3 is 2.53 bits per heavy atom. The van der Waals surface area contributed by atoms with E-state index in [0.29, 0.717) is 50.3 Å². The number of anilines is 2. The average Bonchev–Trinajstić information content (AvgIpc) is 3.39. The summed E-state index contributed by atoms with van der Waals surface area (Å²) in [6.45, 7) is 3.31. The van der Waals surface area contributed by atoms with Gasteiger partial charge in [-0.2, -0.15) is 23.1 Å². The molecular weight excluding hydrogens is 611 g/mol. The number of allylic oxidation sites excluding steroid dienone is 1. The Morgan fingerprint density at radius 2 is 1.91 bits per heavy atom. The number of sulfone groups is 1. The van der Waals surface area contributed by atoms with Crippen molar-refractivity contribution in [1.82, 2.24) is 15.3 Å². The van der Waals surface area contributed by atoms with Crippen LogP contribution in [-0.2, 0) is 14.6 Å². The van der Waals surface area contributed by atoms with Crippen molar-refractivity contribution in [3.63, 3.8) is 0 Å². The third-order valence-corrected chi connectivity index (χ3v) is 9.45. The topological polar surface area (TPSA) is 148 Å². The van der Waals surface area contributed by atoms with Gasteiger partial charge >= 0.3 is 12.1 Å². The van der Waals surface area contributed by atoms with Gasteiger partial charge in [-0.15, -0.1) is 0 Å². The fraction of sp³-hybridized carbons (Fsp3) is 0.387. The maximum absolute atomic E-state index is 14.8. The number of alkyl halides is 3. The van der Waals surface area contributed by atoms with Crippen molar-refractivity contribution in [3.8, 4) is 17.0 Å². The molecule has 2 fully saturated rings. The van der Waals surface area contributed by atoms with Crippen molar-refractivity contribution in [2.24, 2.45) is 5.41 Å². The van der Waals surface area contributed by atoms with E-state index in [1.54, 1.807) is 31.2 Å². The molecule has 1 spiro atoms. The van der Waals surface area contributed by atoms with E-state index in [1.165, 1.54) is 36.4 Å². The molecule has 0 aliphatic carbocycles. The van der Waals surface area contributed by atoms with Gasteiger partial charge in [0, 0.05) is 37.5 Å².